The average Bonchev–Trinajstić information content (AvgIpc) is 2.48. The first-order valence-corrected chi connectivity index (χ1v) is 6.45. The molecule has 0 aliphatic carbocycles. The maximum absolute atomic E-state index is 10.4. The number of carbonyl (C=O) groups excluding carboxylic acids is 1. The van der Waals surface area contributed by atoms with Crippen LogP contribution in [-0.4, -0.2) is 24.7 Å². The standard InChI is InChI=1S/C15H15NO3/c17-10-19-13-3-1-11-2-4-14(16-15(11)9-13)12-5-7-18-8-6-12/h1-4,9-10,12H,5-8H2. The number of hydrogen-bond acceptors (Lipinski definition) is 4. The maximum atomic E-state index is 10.4. The molecule has 4 heteroatoms. The van der Waals surface area contributed by atoms with E-state index in [1.165, 1.54) is 0 Å². The average molecular weight is 257 g/mol. The molecular weight excluding hydrogens is 242 g/mol. The van der Waals surface area contributed by atoms with E-state index in [1.54, 1.807) is 12.1 Å². The van der Waals surface area contributed by atoms with E-state index in [0.717, 1.165) is 42.7 Å². The minimum Gasteiger partial charge on any atom is -0.429 e. The van der Waals surface area contributed by atoms with Crippen molar-refractivity contribution in [3.8, 4) is 5.75 Å². The van der Waals surface area contributed by atoms with Gasteiger partial charge < -0.3 is 9.47 Å². The van der Waals surface area contributed by atoms with Crippen LogP contribution in [0, 0.1) is 0 Å². The van der Waals surface area contributed by atoms with Crippen LogP contribution in [0.5, 0.6) is 5.75 Å². The Morgan fingerprint density at radius 2 is 2.00 bits per heavy atom. The van der Waals surface area contributed by atoms with Crippen LogP contribution in [0.1, 0.15) is 24.5 Å². The summed E-state index contributed by atoms with van der Waals surface area (Å²) in [5, 5.41) is 1.05. The molecule has 1 fully saturated rings. The molecule has 1 aromatic carbocycles. The largest absolute Gasteiger partial charge is 0.429 e. The van der Waals surface area contributed by atoms with Crippen LogP contribution >= 0.6 is 0 Å². The summed E-state index contributed by atoms with van der Waals surface area (Å²) in [5.74, 6) is 0.993. The zero-order valence-electron chi connectivity index (χ0n) is 10.5. The molecule has 0 spiro atoms. The third-order valence-electron chi connectivity index (χ3n) is 3.51. The highest BCUT2D eigenvalue weighted by Gasteiger charge is 2.17. The number of rotatable bonds is 3. The highest BCUT2D eigenvalue weighted by Crippen LogP contribution is 2.28. The molecule has 1 aromatic heterocycles. The van der Waals surface area contributed by atoms with E-state index in [9.17, 15) is 4.79 Å². The van der Waals surface area contributed by atoms with Crippen molar-refractivity contribution in [2.75, 3.05) is 13.2 Å². The molecular formula is C15H15NO3. The number of nitrogens with zero attached hydrogens (tertiary/aromatic N) is 1. The Morgan fingerprint density at radius 3 is 2.79 bits per heavy atom. The number of fused-ring (bicyclic) bond motifs is 1. The third-order valence-corrected chi connectivity index (χ3v) is 3.51. The highest BCUT2D eigenvalue weighted by atomic mass is 16.5. The lowest BCUT2D eigenvalue weighted by molar-refractivity contribution is -0.120. The zero-order valence-corrected chi connectivity index (χ0v) is 10.5. The summed E-state index contributed by atoms with van der Waals surface area (Å²) < 4.78 is 10.2. The van der Waals surface area contributed by atoms with Crippen molar-refractivity contribution in [1.82, 2.24) is 4.98 Å². The Kier molecular flexibility index (Phi) is 3.42. The van der Waals surface area contributed by atoms with Crippen LogP contribution in [-0.2, 0) is 9.53 Å². The zero-order chi connectivity index (χ0) is 13.1. The van der Waals surface area contributed by atoms with Crippen LogP contribution < -0.4 is 4.74 Å². The first-order chi connectivity index (χ1) is 9.36. The first-order valence-electron chi connectivity index (χ1n) is 6.45. The Hall–Kier alpha value is -1.94. The molecule has 0 N–H and O–H groups in total. The van der Waals surface area contributed by atoms with Crippen LogP contribution in [0.2, 0.25) is 0 Å². The summed E-state index contributed by atoms with van der Waals surface area (Å²) in [5.41, 5.74) is 1.96. The van der Waals surface area contributed by atoms with Crippen molar-refractivity contribution in [2.45, 2.75) is 18.8 Å². The van der Waals surface area contributed by atoms with Gasteiger partial charge in [0, 0.05) is 36.3 Å². The Bertz CT molecular complexity index is 591. The topological polar surface area (TPSA) is 48.4 Å². The summed E-state index contributed by atoms with van der Waals surface area (Å²) >= 11 is 0. The van der Waals surface area contributed by atoms with Gasteiger partial charge in [-0.15, -0.1) is 0 Å². The van der Waals surface area contributed by atoms with Crippen molar-refractivity contribution in [1.29, 1.82) is 0 Å². The molecule has 4 nitrogen and oxygen atoms in total. The van der Waals surface area contributed by atoms with Gasteiger partial charge in [0.25, 0.3) is 6.47 Å². The van der Waals surface area contributed by atoms with Gasteiger partial charge in [0.05, 0.1) is 5.52 Å². The van der Waals surface area contributed by atoms with Gasteiger partial charge in [0.2, 0.25) is 0 Å². The summed E-state index contributed by atoms with van der Waals surface area (Å²) in [4.78, 5) is 15.1. The molecule has 0 bridgehead atoms. The molecule has 3 rings (SSSR count). The molecule has 0 saturated carbocycles. The van der Waals surface area contributed by atoms with Crippen LogP contribution in [0.4, 0.5) is 0 Å². The fraction of sp³-hybridized carbons (Fsp3) is 0.333. The van der Waals surface area contributed by atoms with Gasteiger partial charge in [0.15, 0.2) is 0 Å². The van der Waals surface area contributed by atoms with Gasteiger partial charge in [-0.25, -0.2) is 0 Å². The fourth-order valence-corrected chi connectivity index (χ4v) is 2.46. The van der Waals surface area contributed by atoms with Crippen molar-refractivity contribution < 1.29 is 14.3 Å². The Labute approximate surface area is 111 Å². The maximum Gasteiger partial charge on any atom is 0.298 e. The van der Waals surface area contributed by atoms with E-state index in [0.29, 0.717) is 18.1 Å². The third kappa shape index (κ3) is 2.58. The molecule has 0 atom stereocenters. The molecule has 1 aliphatic rings. The van der Waals surface area contributed by atoms with Gasteiger partial charge in [0.1, 0.15) is 5.75 Å². The van der Waals surface area contributed by atoms with E-state index < -0.39 is 0 Å². The van der Waals surface area contributed by atoms with Crippen LogP contribution in [0.3, 0.4) is 0 Å². The van der Waals surface area contributed by atoms with Gasteiger partial charge >= 0.3 is 0 Å². The van der Waals surface area contributed by atoms with Crippen molar-refractivity contribution in [2.24, 2.45) is 0 Å². The molecule has 1 aliphatic heterocycles. The second-order valence-corrected chi connectivity index (χ2v) is 4.69. The lowest BCUT2D eigenvalue weighted by Crippen LogP contribution is -2.15. The minimum atomic E-state index is 0.434. The Balaban J connectivity index is 1.95. The van der Waals surface area contributed by atoms with Crippen molar-refractivity contribution in [3.05, 3.63) is 36.0 Å². The van der Waals surface area contributed by atoms with Gasteiger partial charge in [-0.05, 0) is 31.0 Å². The summed E-state index contributed by atoms with van der Waals surface area (Å²) in [6.45, 7) is 2.04. The van der Waals surface area contributed by atoms with Crippen molar-refractivity contribution in [3.63, 3.8) is 0 Å². The normalized spacial score (nSPS) is 16.4. The molecule has 0 radical (unpaired) electrons. The first kappa shape index (κ1) is 12.1. The van der Waals surface area contributed by atoms with Gasteiger partial charge in [-0.3, -0.25) is 9.78 Å². The number of carbonyl (C=O) groups is 1. The predicted octanol–water partition coefficient (Wildman–Crippen LogP) is 2.66. The predicted molar refractivity (Wildman–Crippen MR) is 71.2 cm³/mol. The van der Waals surface area contributed by atoms with Crippen LogP contribution in [0.15, 0.2) is 30.3 Å². The second kappa shape index (κ2) is 5.36. The summed E-state index contributed by atoms with van der Waals surface area (Å²) in [6, 6.07) is 9.63. The van der Waals surface area contributed by atoms with Crippen LogP contribution in [0.25, 0.3) is 10.9 Å². The van der Waals surface area contributed by atoms with Crippen molar-refractivity contribution >= 4 is 17.4 Å². The SMILES string of the molecule is O=COc1ccc2ccc(C3CCOCC3)nc2c1. The Morgan fingerprint density at radius 1 is 1.21 bits per heavy atom. The van der Waals surface area contributed by atoms with E-state index in [-0.39, 0.29) is 0 Å². The highest BCUT2D eigenvalue weighted by molar-refractivity contribution is 5.80. The smallest absolute Gasteiger partial charge is 0.298 e. The summed E-state index contributed by atoms with van der Waals surface area (Å²) in [6.07, 6.45) is 2.03. The number of pyridine rings is 1. The number of benzene rings is 1. The molecule has 19 heavy (non-hydrogen) atoms. The number of hydrogen-bond donors (Lipinski definition) is 0. The lowest BCUT2D eigenvalue weighted by atomic mass is 9.95. The van der Waals surface area contributed by atoms with Gasteiger partial charge in [-0.1, -0.05) is 6.07 Å². The minimum absolute atomic E-state index is 0.434. The fourth-order valence-electron chi connectivity index (χ4n) is 2.46. The number of aromatic nitrogens is 1. The second-order valence-electron chi connectivity index (χ2n) is 4.69. The molecule has 1 saturated heterocycles. The lowest BCUT2D eigenvalue weighted by Gasteiger charge is -2.21. The summed E-state index contributed by atoms with van der Waals surface area (Å²) in [7, 11) is 0. The molecule has 0 unspecified atom stereocenters. The van der Waals surface area contributed by atoms with Gasteiger partial charge in [-0.2, -0.15) is 0 Å². The quantitative estimate of drug-likeness (QED) is 0.793. The van der Waals surface area contributed by atoms with E-state index in [2.05, 4.69) is 12.1 Å². The number of ether oxygens (including phenoxy) is 2. The van der Waals surface area contributed by atoms with E-state index in [1.807, 2.05) is 6.07 Å². The molecule has 98 valence electrons. The molecule has 2 aromatic rings. The monoisotopic (exact) mass is 257 g/mol. The van der Waals surface area contributed by atoms with E-state index in [4.69, 9.17) is 14.5 Å². The molecule has 0 amide bonds. The van der Waals surface area contributed by atoms with E-state index >= 15 is 0 Å². The molecule has 2 heterocycles.